The summed E-state index contributed by atoms with van der Waals surface area (Å²) in [4.78, 5) is 0.495. The Kier molecular flexibility index (Phi) is 2.74. The summed E-state index contributed by atoms with van der Waals surface area (Å²) < 4.78 is 0. The number of rotatable bonds is 3. The highest BCUT2D eigenvalue weighted by molar-refractivity contribution is 5.96. The van der Waals surface area contributed by atoms with Crippen molar-refractivity contribution >= 4 is 22.3 Å². The molecule has 0 aliphatic rings. The number of nitrogens with zero attached hydrogens (tertiary/aromatic N) is 2. The van der Waals surface area contributed by atoms with Gasteiger partial charge in [0.25, 0.3) is 5.52 Å². The van der Waals surface area contributed by atoms with Crippen molar-refractivity contribution < 1.29 is 9.95 Å². The number of nitrogen functional groups attached to an aromatic ring is 1. The molecule has 0 spiro atoms. The highest BCUT2D eigenvalue weighted by Crippen LogP contribution is 2.24. The van der Waals surface area contributed by atoms with E-state index in [-0.39, 0.29) is 6.61 Å². The van der Waals surface area contributed by atoms with Crippen LogP contribution in [0.2, 0.25) is 0 Å². The zero-order valence-electron chi connectivity index (χ0n) is 8.55. The molecule has 4 N–H and O–H groups in total. The van der Waals surface area contributed by atoms with Gasteiger partial charge in [0.15, 0.2) is 0 Å². The molecule has 0 amide bonds. The Bertz CT molecular complexity index is 507. The molecule has 6 heteroatoms. The summed E-state index contributed by atoms with van der Waals surface area (Å²) in [6.45, 7) is 0.439. The molecule has 2 aromatic rings. The number of aromatic nitrogens is 2. The smallest absolute Gasteiger partial charge is 0.276 e. The predicted molar refractivity (Wildman–Crippen MR) is 60.7 cm³/mol. The number of aliphatic hydroxyl groups excluding tert-OH is 1. The van der Waals surface area contributed by atoms with Crippen LogP contribution >= 0.6 is 0 Å². The van der Waals surface area contributed by atoms with Crippen LogP contribution in [0.4, 0.5) is 11.4 Å². The summed E-state index contributed by atoms with van der Waals surface area (Å²) in [5, 5.41) is 27.5. The van der Waals surface area contributed by atoms with E-state index in [1.165, 1.54) is 6.20 Å². The van der Waals surface area contributed by atoms with Gasteiger partial charge in [-0.25, -0.2) is 0 Å². The highest BCUT2D eigenvalue weighted by Gasteiger charge is 2.12. The number of anilines is 2. The first-order valence-electron chi connectivity index (χ1n) is 4.86. The second-order valence-electron chi connectivity index (χ2n) is 3.32. The topological polar surface area (TPSA) is 98.1 Å². The van der Waals surface area contributed by atoms with E-state index in [2.05, 4.69) is 10.4 Å². The molecule has 0 bridgehead atoms. The standard InChI is InChI=1S/C10H12N4O2/c11-8-1-2-9(12-5-6-15)7-3-4-13-14(16)10(7)8/h1-4,12,15H,5-6,11H2. The van der Waals surface area contributed by atoms with Crippen molar-refractivity contribution in [2.45, 2.75) is 0 Å². The quantitative estimate of drug-likeness (QED) is 0.380. The molecule has 1 heterocycles. The normalized spacial score (nSPS) is 10.6. The molecule has 0 radical (unpaired) electrons. The van der Waals surface area contributed by atoms with Gasteiger partial charge in [-0.1, -0.05) is 0 Å². The molecule has 2 rings (SSSR count). The van der Waals surface area contributed by atoms with Gasteiger partial charge in [-0.2, -0.15) is 0 Å². The first-order chi connectivity index (χ1) is 7.74. The van der Waals surface area contributed by atoms with Crippen LogP contribution < -0.4 is 15.9 Å². The molecule has 0 unspecified atom stereocenters. The van der Waals surface area contributed by atoms with E-state index in [4.69, 9.17) is 10.8 Å². The predicted octanol–water partition coefficient (Wildman–Crippen LogP) is -0.145. The largest absolute Gasteiger partial charge is 0.594 e. The summed E-state index contributed by atoms with van der Waals surface area (Å²) in [6, 6.07) is 5.12. The lowest BCUT2D eigenvalue weighted by atomic mass is 10.1. The molecule has 84 valence electrons. The third kappa shape index (κ3) is 1.70. The highest BCUT2D eigenvalue weighted by atomic mass is 16.5. The lowest BCUT2D eigenvalue weighted by Crippen LogP contribution is -2.32. The molecule has 0 atom stereocenters. The molecule has 0 saturated carbocycles. The van der Waals surface area contributed by atoms with Crippen molar-refractivity contribution in [1.82, 2.24) is 5.10 Å². The van der Waals surface area contributed by atoms with Crippen molar-refractivity contribution in [3.05, 3.63) is 29.6 Å². The van der Waals surface area contributed by atoms with Gasteiger partial charge in [-0.05, 0) is 23.0 Å². The maximum Gasteiger partial charge on any atom is 0.276 e. The van der Waals surface area contributed by atoms with Crippen LogP contribution in [0, 0.1) is 5.21 Å². The molecule has 1 aromatic carbocycles. The van der Waals surface area contributed by atoms with Crippen LogP contribution in [0.1, 0.15) is 0 Å². The first kappa shape index (κ1) is 10.4. The molecule has 16 heavy (non-hydrogen) atoms. The molecule has 6 nitrogen and oxygen atoms in total. The molecule has 0 fully saturated rings. The number of nitrogens with two attached hydrogens (primary N) is 1. The maximum atomic E-state index is 11.5. The number of fused-ring (bicyclic) bond motifs is 1. The van der Waals surface area contributed by atoms with E-state index in [1.54, 1.807) is 18.2 Å². The minimum Gasteiger partial charge on any atom is -0.594 e. The van der Waals surface area contributed by atoms with Gasteiger partial charge in [-0.3, -0.25) is 0 Å². The fourth-order valence-corrected chi connectivity index (χ4v) is 1.58. The minimum absolute atomic E-state index is 0.0222. The van der Waals surface area contributed by atoms with Crippen LogP contribution in [0.5, 0.6) is 0 Å². The monoisotopic (exact) mass is 220 g/mol. The van der Waals surface area contributed by atoms with Gasteiger partial charge in [0.1, 0.15) is 5.69 Å². The Hall–Kier alpha value is -2.08. The Morgan fingerprint density at radius 2 is 2.25 bits per heavy atom. The Labute approximate surface area is 91.9 Å². The Balaban J connectivity index is 2.60. The summed E-state index contributed by atoms with van der Waals surface area (Å²) in [5.74, 6) is 0. The zero-order chi connectivity index (χ0) is 11.5. The van der Waals surface area contributed by atoms with E-state index in [1.807, 2.05) is 0 Å². The number of hydrogen-bond acceptors (Lipinski definition) is 5. The van der Waals surface area contributed by atoms with Crippen LogP contribution in [0.25, 0.3) is 10.9 Å². The van der Waals surface area contributed by atoms with Crippen LogP contribution in [-0.4, -0.2) is 23.4 Å². The van der Waals surface area contributed by atoms with Crippen LogP contribution in [-0.2, 0) is 0 Å². The molecule has 1 aromatic heterocycles. The minimum atomic E-state index is 0.0222. The fourth-order valence-electron chi connectivity index (χ4n) is 1.58. The Morgan fingerprint density at radius 1 is 1.44 bits per heavy atom. The lowest BCUT2D eigenvalue weighted by molar-refractivity contribution is -0.642. The van der Waals surface area contributed by atoms with E-state index in [9.17, 15) is 5.21 Å². The zero-order valence-corrected chi connectivity index (χ0v) is 8.55. The van der Waals surface area contributed by atoms with Crippen molar-refractivity contribution in [2.24, 2.45) is 0 Å². The van der Waals surface area contributed by atoms with E-state index in [0.717, 1.165) is 5.69 Å². The average molecular weight is 220 g/mol. The third-order valence-corrected chi connectivity index (χ3v) is 2.28. The van der Waals surface area contributed by atoms with E-state index in [0.29, 0.717) is 28.0 Å². The van der Waals surface area contributed by atoms with Crippen molar-refractivity contribution in [1.29, 1.82) is 0 Å². The number of benzene rings is 1. The third-order valence-electron chi connectivity index (χ3n) is 2.28. The van der Waals surface area contributed by atoms with E-state index < -0.39 is 0 Å². The van der Waals surface area contributed by atoms with Gasteiger partial charge in [0.2, 0.25) is 0 Å². The van der Waals surface area contributed by atoms with Gasteiger partial charge in [0.05, 0.1) is 18.2 Å². The summed E-state index contributed by atoms with van der Waals surface area (Å²) in [7, 11) is 0. The first-order valence-corrected chi connectivity index (χ1v) is 4.86. The van der Waals surface area contributed by atoms with Crippen LogP contribution in [0.15, 0.2) is 24.4 Å². The molecular weight excluding hydrogens is 208 g/mol. The summed E-state index contributed by atoms with van der Waals surface area (Å²) in [6.07, 6.45) is 1.42. The van der Waals surface area contributed by atoms with Crippen molar-refractivity contribution in [3.8, 4) is 0 Å². The van der Waals surface area contributed by atoms with E-state index >= 15 is 0 Å². The van der Waals surface area contributed by atoms with Gasteiger partial charge in [-0.15, -0.1) is 0 Å². The number of nitrogens with one attached hydrogen (secondary N) is 1. The number of hydrogen-bond donors (Lipinski definition) is 3. The second-order valence-corrected chi connectivity index (χ2v) is 3.32. The SMILES string of the molecule is Nc1ccc(NCCO)c2ccn[n+]([O-])c12. The number of aliphatic hydroxyl groups is 1. The van der Waals surface area contributed by atoms with Crippen LogP contribution in [0.3, 0.4) is 0 Å². The van der Waals surface area contributed by atoms with Crippen molar-refractivity contribution in [2.75, 3.05) is 24.2 Å². The molecule has 0 aliphatic heterocycles. The summed E-state index contributed by atoms with van der Waals surface area (Å²) >= 11 is 0. The molecule has 0 aliphatic carbocycles. The molecule has 0 saturated heterocycles. The second kappa shape index (κ2) is 4.19. The Morgan fingerprint density at radius 3 is 3.00 bits per heavy atom. The molecular formula is C10H12N4O2. The maximum absolute atomic E-state index is 11.5. The average Bonchev–Trinajstić information content (AvgIpc) is 2.28. The van der Waals surface area contributed by atoms with Gasteiger partial charge >= 0.3 is 0 Å². The van der Waals surface area contributed by atoms with Crippen molar-refractivity contribution in [3.63, 3.8) is 0 Å². The van der Waals surface area contributed by atoms with Gasteiger partial charge < -0.3 is 21.4 Å². The fraction of sp³-hybridized carbons (Fsp3) is 0.200. The lowest BCUT2D eigenvalue weighted by Gasteiger charge is -2.08. The summed E-state index contributed by atoms with van der Waals surface area (Å²) in [5.41, 5.74) is 7.19. The van der Waals surface area contributed by atoms with Gasteiger partial charge in [0, 0.05) is 17.3 Å².